The minimum Gasteiger partial charge on any atom is -0.480 e. The molecule has 1 amide bonds. The monoisotopic (exact) mass is 261 g/mol. The van der Waals surface area contributed by atoms with E-state index in [-0.39, 0.29) is 5.91 Å². The fourth-order valence-electron chi connectivity index (χ4n) is 2.52. The van der Waals surface area contributed by atoms with Crippen LogP contribution in [0.15, 0.2) is 24.3 Å². The van der Waals surface area contributed by atoms with Gasteiger partial charge in [-0.05, 0) is 37.8 Å². The van der Waals surface area contributed by atoms with Crippen molar-refractivity contribution in [3.63, 3.8) is 0 Å². The fraction of sp³-hybridized carbons (Fsp3) is 0.467. The molecule has 1 aromatic carbocycles. The molecule has 1 aromatic rings. The topological polar surface area (TPSA) is 57.6 Å². The molecule has 102 valence electrons. The van der Waals surface area contributed by atoms with Crippen LogP contribution in [-0.2, 0) is 16.1 Å². The van der Waals surface area contributed by atoms with Crippen molar-refractivity contribution in [2.24, 2.45) is 5.41 Å². The zero-order valence-corrected chi connectivity index (χ0v) is 11.3. The molecule has 2 rings (SSSR count). The number of amides is 1. The third kappa shape index (κ3) is 2.48. The first-order valence-corrected chi connectivity index (χ1v) is 6.52. The van der Waals surface area contributed by atoms with Crippen LogP contribution in [0, 0.1) is 12.3 Å². The summed E-state index contributed by atoms with van der Waals surface area (Å²) in [6.45, 7) is 4.66. The molecule has 4 nitrogen and oxygen atoms in total. The summed E-state index contributed by atoms with van der Waals surface area (Å²) in [5, 5.41) is 9.26. The average molecular weight is 261 g/mol. The van der Waals surface area contributed by atoms with Crippen LogP contribution in [-0.4, -0.2) is 28.4 Å². The van der Waals surface area contributed by atoms with Gasteiger partial charge in [-0.15, -0.1) is 0 Å². The van der Waals surface area contributed by atoms with Gasteiger partial charge in [0.1, 0.15) is 5.41 Å². The van der Waals surface area contributed by atoms with Gasteiger partial charge in [-0.2, -0.15) is 0 Å². The molecular formula is C15H19NO3. The van der Waals surface area contributed by atoms with Gasteiger partial charge in [0.2, 0.25) is 5.91 Å². The average Bonchev–Trinajstić information content (AvgIpc) is 2.37. The Kier molecular flexibility index (Phi) is 3.60. The quantitative estimate of drug-likeness (QED) is 0.849. The molecule has 1 unspecified atom stereocenters. The molecule has 4 heteroatoms. The first-order chi connectivity index (χ1) is 8.95. The number of carboxylic acids is 1. The summed E-state index contributed by atoms with van der Waals surface area (Å²) < 4.78 is 0. The summed E-state index contributed by atoms with van der Waals surface area (Å²) >= 11 is 0. The van der Waals surface area contributed by atoms with E-state index in [1.54, 1.807) is 4.90 Å². The minimum absolute atomic E-state index is 0.269. The largest absolute Gasteiger partial charge is 0.480 e. The van der Waals surface area contributed by atoms with E-state index in [1.807, 2.05) is 31.2 Å². The number of piperidine rings is 1. The minimum atomic E-state index is -1.26. The van der Waals surface area contributed by atoms with Crippen LogP contribution in [0.1, 0.15) is 30.9 Å². The van der Waals surface area contributed by atoms with Crippen LogP contribution in [0.4, 0.5) is 0 Å². The third-order valence-electron chi connectivity index (χ3n) is 3.96. The highest BCUT2D eigenvalue weighted by atomic mass is 16.4. The predicted octanol–water partition coefficient (Wildman–Crippen LogP) is 2.21. The highest BCUT2D eigenvalue weighted by molar-refractivity contribution is 6.01. The van der Waals surface area contributed by atoms with Gasteiger partial charge in [0.25, 0.3) is 0 Å². The number of likely N-dealkylation sites (tertiary alicyclic amines) is 1. The number of carbonyl (C=O) groups excluding carboxylic acids is 1. The van der Waals surface area contributed by atoms with Crippen molar-refractivity contribution in [2.45, 2.75) is 33.2 Å². The molecular weight excluding hydrogens is 242 g/mol. The number of nitrogens with zero attached hydrogens (tertiary/aromatic N) is 1. The van der Waals surface area contributed by atoms with E-state index in [0.717, 1.165) is 17.5 Å². The van der Waals surface area contributed by atoms with Crippen LogP contribution in [0.3, 0.4) is 0 Å². The number of rotatable bonds is 3. The second kappa shape index (κ2) is 5.03. The molecule has 1 aliphatic heterocycles. The van der Waals surface area contributed by atoms with Gasteiger partial charge in [-0.3, -0.25) is 9.59 Å². The van der Waals surface area contributed by atoms with E-state index in [4.69, 9.17) is 0 Å². The zero-order valence-electron chi connectivity index (χ0n) is 11.3. The van der Waals surface area contributed by atoms with Crippen LogP contribution >= 0.6 is 0 Å². The summed E-state index contributed by atoms with van der Waals surface area (Å²) in [6.07, 6.45) is 1.16. The van der Waals surface area contributed by atoms with E-state index < -0.39 is 11.4 Å². The lowest BCUT2D eigenvalue weighted by molar-refractivity contribution is -0.163. The van der Waals surface area contributed by atoms with Crippen molar-refractivity contribution >= 4 is 11.9 Å². The zero-order chi connectivity index (χ0) is 14.0. The first kappa shape index (κ1) is 13.6. The molecule has 0 radical (unpaired) electrons. The number of carboxylic acid groups (broad SMARTS) is 1. The van der Waals surface area contributed by atoms with E-state index in [2.05, 4.69) is 0 Å². The summed E-state index contributed by atoms with van der Waals surface area (Å²) in [4.78, 5) is 25.3. The highest BCUT2D eigenvalue weighted by Gasteiger charge is 2.46. The summed E-state index contributed by atoms with van der Waals surface area (Å²) in [7, 11) is 0. The molecule has 1 fully saturated rings. The van der Waals surface area contributed by atoms with E-state index in [0.29, 0.717) is 19.5 Å². The van der Waals surface area contributed by atoms with Gasteiger partial charge in [-0.1, -0.05) is 24.3 Å². The summed E-state index contributed by atoms with van der Waals surface area (Å²) in [5.41, 5.74) is 0.935. The molecule has 0 saturated carbocycles. The lowest BCUT2D eigenvalue weighted by Gasteiger charge is -2.36. The lowest BCUT2D eigenvalue weighted by Crippen LogP contribution is -2.50. The van der Waals surface area contributed by atoms with Gasteiger partial charge in [-0.25, -0.2) is 0 Å². The number of hydrogen-bond acceptors (Lipinski definition) is 2. The van der Waals surface area contributed by atoms with Gasteiger partial charge in [0.15, 0.2) is 0 Å². The first-order valence-electron chi connectivity index (χ1n) is 6.52. The van der Waals surface area contributed by atoms with E-state index >= 15 is 0 Å². The smallest absolute Gasteiger partial charge is 0.318 e. The SMILES string of the molecule is Cc1ccccc1CN1CCCC(C)(C(=O)O)C1=O. The Labute approximate surface area is 113 Å². The van der Waals surface area contributed by atoms with Crippen molar-refractivity contribution in [1.29, 1.82) is 0 Å². The molecule has 1 aliphatic rings. The molecule has 1 N–H and O–H groups in total. The van der Waals surface area contributed by atoms with Gasteiger partial charge in [0, 0.05) is 13.1 Å². The molecule has 0 spiro atoms. The number of aryl methyl sites for hydroxylation is 1. The Balaban J connectivity index is 2.20. The van der Waals surface area contributed by atoms with Gasteiger partial charge >= 0.3 is 5.97 Å². The molecule has 1 heterocycles. The van der Waals surface area contributed by atoms with Gasteiger partial charge in [0.05, 0.1) is 0 Å². The number of aliphatic carboxylic acids is 1. The Hall–Kier alpha value is -1.84. The normalized spacial score (nSPS) is 23.5. The maximum Gasteiger partial charge on any atom is 0.318 e. The van der Waals surface area contributed by atoms with Crippen molar-refractivity contribution in [2.75, 3.05) is 6.54 Å². The second-order valence-electron chi connectivity index (χ2n) is 5.39. The van der Waals surface area contributed by atoms with E-state index in [1.165, 1.54) is 6.92 Å². The summed E-state index contributed by atoms with van der Waals surface area (Å²) in [6, 6.07) is 7.88. The standard InChI is InChI=1S/C15H19NO3/c1-11-6-3-4-7-12(11)10-16-9-5-8-15(2,13(16)17)14(18)19/h3-4,6-7H,5,8-10H2,1-2H3,(H,18,19). The molecule has 0 bridgehead atoms. The Morgan fingerprint density at radius 2 is 2.11 bits per heavy atom. The van der Waals surface area contributed by atoms with Crippen LogP contribution in [0.2, 0.25) is 0 Å². The molecule has 0 aromatic heterocycles. The van der Waals surface area contributed by atoms with E-state index in [9.17, 15) is 14.7 Å². The predicted molar refractivity (Wildman–Crippen MR) is 71.6 cm³/mol. The lowest BCUT2D eigenvalue weighted by atomic mass is 9.81. The summed E-state index contributed by atoms with van der Waals surface area (Å²) in [5.74, 6) is -1.29. The van der Waals surface area contributed by atoms with Crippen LogP contribution in [0.25, 0.3) is 0 Å². The van der Waals surface area contributed by atoms with Crippen LogP contribution in [0.5, 0.6) is 0 Å². The Morgan fingerprint density at radius 3 is 2.74 bits per heavy atom. The fourth-order valence-corrected chi connectivity index (χ4v) is 2.52. The van der Waals surface area contributed by atoms with Crippen molar-refractivity contribution in [3.05, 3.63) is 35.4 Å². The Bertz CT molecular complexity index is 512. The molecule has 19 heavy (non-hydrogen) atoms. The van der Waals surface area contributed by atoms with Crippen molar-refractivity contribution < 1.29 is 14.7 Å². The number of benzene rings is 1. The van der Waals surface area contributed by atoms with Crippen molar-refractivity contribution in [3.8, 4) is 0 Å². The maximum atomic E-state index is 12.3. The molecule has 1 saturated heterocycles. The van der Waals surface area contributed by atoms with Crippen molar-refractivity contribution in [1.82, 2.24) is 4.90 Å². The maximum absolute atomic E-state index is 12.3. The number of hydrogen-bond donors (Lipinski definition) is 1. The van der Waals surface area contributed by atoms with Gasteiger partial charge < -0.3 is 10.0 Å². The Morgan fingerprint density at radius 1 is 1.42 bits per heavy atom. The van der Waals surface area contributed by atoms with Crippen LogP contribution < -0.4 is 0 Å². The second-order valence-corrected chi connectivity index (χ2v) is 5.39. The molecule has 0 aliphatic carbocycles. The third-order valence-corrected chi connectivity index (χ3v) is 3.96. The molecule has 1 atom stereocenters. The number of carbonyl (C=O) groups is 2. The highest BCUT2D eigenvalue weighted by Crippen LogP contribution is 2.32.